The molecule has 2 amide bonds. The summed E-state index contributed by atoms with van der Waals surface area (Å²) in [6.07, 6.45) is 0.0195. The van der Waals surface area contributed by atoms with Crippen molar-refractivity contribution in [2.45, 2.75) is 13.0 Å². The number of halogens is 1. The quantitative estimate of drug-likeness (QED) is 0.761. The maximum atomic E-state index is 14.5. The SMILES string of the molecule is COC(=O)c1ncn(-c2ccc(N3C[C@H](CNC(C)=O)OC3=O)cc2F)n1. The first-order valence-electron chi connectivity index (χ1n) is 7.91. The van der Waals surface area contributed by atoms with Crippen molar-refractivity contribution in [3.8, 4) is 5.69 Å². The van der Waals surface area contributed by atoms with Crippen LogP contribution in [0.25, 0.3) is 5.69 Å². The van der Waals surface area contributed by atoms with E-state index in [1.165, 1.54) is 37.4 Å². The standard InChI is InChI=1S/C16H16FN5O5/c1-9(23)18-6-11-7-21(16(25)27-11)10-3-4-13(12(17)5-10)22-8-19-14(20-22)15(24)26-2/h3-5,8,11H,6-7H2,1-2H3,(H,18,23)/t11-/m0/s1. The molecule has 2 heterocycles. The molecule has 1 aromatic carbocycles. The molecular weight excluding hydrogens is 361 g/mol. The molecule has 0 radical (unpaired) electrons. The molecule has 0 aliphatic carbocycles. The molecule has 10 nitrogen and oxygen atoms in total. The number of ether oxygens (including phenoxy) is 2. The smallest absolute Gasteiger partial charge is 0.414 e. The lowest BCUT2D eigenvalue weighted by Crippen LogP contribution is -2.33. The highest BCUT2D eigenvalue weighted by molar-refractivity contribution is 5.90. The number of amides is 2. The average Bonchev–Trinajstić information content (AvgIpc) is 3.26. The second-order valence-corrected chi connectivity index (χ2v) is 5.69. The molecule has 27 heavy (non-hydrogen) atoms. The van der Waals surface area contributed by atoms with Gasteiger partial charge in [-0.15, -0.1) is 5.10 Å². The Hall–Kier alpha value is -3.50. The number of anilines is 1. The molecule has 0 bridgehead atoms. The highest BCUT2D eigenvalue weighted by atomic mass is 19.1. The molecule has 11 heteroatoms. The zero-order valence-electron chi connectivity index (χ0n) is 14.5. The van der Waals surface area contributed by atoms with Gasteiger partial charge in [0.2, 0.25) is 5.91 Å². The first kappa shape index (κ1) is 18.3. The zero-order valence-corrected chi connectivity index (χ0v) is 14.5. The Morgan fingerprint density at radius 2 is 2.22 bits per heavy atom. The first-order valence-corrected chi connectivity index (χ1v) is 7.91. The van der Waals surface area contributed by atoms with Gasteiger partial charge < -0.3 is 14.8 Å². The Morgan fingerprint density at radius 1 is 1.44 bits per heavy atom. The fraction of sp³-hybridized carbons (Fsp3) is 0.312. The zero-order chi connectivity index (χ0) is 19.6. The van der Waals surface area contributed by atoms with Crippen LogP contribution in [0.4, 0.5) is 14.9 Å². The van der Waals surface area contributed by atoms with E-state index in [1.54, 1.807) is 0 Å². The number of rotatable bonds is 5. The summed E-state index contributed by atoms with van der Waals surface area (Å²) in [5, 5.41) is 6.42. The van der Waals surface area contributed by atoms with Crippen LogP contribution in [0.1, 0.15) is 17.5 Å². The minimum absolute atomic E-state index is 0.0452. The molecule has 142 valence electrons. The maximum absolute atomic E-state index is 14.5. The minimum atomic E-state index is -0.740. The first-order chi connectivity index (χ1) is 12.9. The lowest BCUT2D eigenvalue weighted by atomic mass is 10.2. The van der Waals surface area contributed by atoms with Crippen molar-refractivity contribution in [2.75, 3.05) is 25.1 Å². The molecule has 2 aromatic rings. The number of esters is 1. The van der Waals surface area contributed by atoms with Gasteiger partial charge in [-0.2, -0.15) is 0 Å². The van der Waals surface area contributed by atoms with E-state index >= 15 is 0 Å². The summed E-state index contributed by atoms with van der Waals surface area (Å²) in [7, 11) is 1.19. The largest absolute Gasteiger partial charge is 0.463 e. The van der Waals surface area contributed by atoms with Crippen LogP contribution in [0, 0.1) is 5.82 Å². The topological polar surface area (TPSA) is 116 Å². The van der Waals surface area contributed by atoms with E-state index in [0.29, 0.717) is 5.69 Å². The summed E-state index contributed by atoms with van der Waals surface area (Å²) in [6, 6.07) is 4.06. The molecule has 1 atom stereocenters. The number of hydrogen-bond acceptors (Lipinski definition) is 7. The monoisotopic (exact) mass is 377 g/mol. The Bertz CT molecular complexity index is 899. The van der Waals surface area contributed by atoms with E-state index in [2.05, 4.69) is 20.1 Å². The van der Waals surface area contributed by atoms with Gasteiger partial charge in [0.05, 0.1) is 25.9 Å². The second-order valence-electron chi connectivity index (χ2n) is 5.69. The third kappa shape index (κ3) is 3.86. The number of benzene rings is 1. The van der Waals surface area contributed by atoms with Crippen LogP contribution in [-0.2, 0) is 14.3 Å². The van der Waals surface area contributed by atoms with E-state index < -0.39 is 24.0 Å². The van der Waals surface area contributed by atoms with Gasteiger partial charge in [-0.1, -0.05) is 0 Å². The van der Waals surface area contributed by atoms with Gasteiger partial charge in [0.1, 0.15) is 18.1 Å². The van der Waals surface area contributed by atoms with Crippen LogP contribution in [-0.4, -0.2) is 59.0 Å². The molecule has 1 fully saturated rings. The number of cyclic esters (lactones) is 1. The molecule has 0 saturated carbocycles. The van der Waals surface area contributed by atoms with Crippen molar-refractivity contribution in [3.63, 3.8) is 0 Å². The molecule has 1 aliphatic rings. The Balaban J connectivity index is 1.77. The number of hydrogen-bond donors (Lipinski definition) is 1. The number of nitrogens with one attached hydrogen (secondary N) is 1. The fourth-order valence-electron chi connectivity index (χ4n) is 2.51. The van der Waals surface area contributed by atoms with Crippen LogP contribution >= 0.6 is 0 Å². The summed E-state index contributed by atoms with van der Waals surface area (Å²) in [4.78, 5) is 39.4. The predicted molar refractivity (Wildman–Crippen MR) is 89.0 cm³/mol. The highest BCUT2D eigenvalue weighted by Crippen LogP contribution is 2.25. The summed E-state index contributed by atoms with van der Waals surface area (Å²) in [5.41, 5.74) is 0.337. The molecule has 3 rings (SSSR count). The van der Waals surface area contributed by atoms with Crippen LogP contribution in [0.2, 0.25) is 0 Å². The molecule has 1 saturated heterocycles. The van der Waals surface area contributed by atoms with Gasteiger partial charge in [0.25, 0.3) is 5.82 Å². The Labute approximate surface area is 152 Å². The van der Waals surface area contributed by atoms with Gasteiger partial charge in [0.15, 0.2) is 5.82 Å². The summed E-state index contributed by atoms with van der Waals surface area (Å²) in [6.45, 7) is 1.71. The van der Waals surface area contributed by atoms with Gasteiger partial charge in [-0.3, -0.25) is 9.69 Å². The molecule has 1 aliphatic heterocycles. The van der Waals surface area contributed by atoms with Crippen molar-refractivity contribution in [2.24, 2.45) is 0 Å². The van der Waals surface area contributed by atoms with Gasteiger partial charge in [0, 0.05) is 6.92 Å². The van der Waals surface area contributed by atoms with E-state index in [-0.39, 0.29) is 30.5 Å². The molecule has 1 N–H and O–H groups in total. The number of carbonyl (C=O) groups is 3. The number of nitrogens with zero attached hydrogens (tertiary/aromatic N) is 4. The van der Waals surface area contributed by atoms with Gasteiger partial charge >= 0.3 is 12.1 Å². The van der Waals surface area contributed by atoms with E-state index in [4.69, 9.17) is 4.74 Å². The third-order valence-corrected chi connectivity index (χ3v) is 3.80. The van der Waals surface area contributed by atoms with Crippen LogP contribution in [0.3, 0.4) is 0 Å². The summed E-state index contributed by atoms with van der Waals surface area (Å²) >= 11 is 0. The van der Waals surface area contributed by atoms with Crippen LogP contribution in [0.5, 0.6) is 0 Å². The summed E-state index contributed by atoms with van der Waals surface area (Å²) < 4.78 is 25.3. The molecule has 0 unspecified atom stereocenters. The predicted octanol–water partition coefficient (Wildman–Crippen LogP) is 0.654. The summed E-state index contributed by atoms with van der Waals surface area (Å²) in [5.74, 6) is -1.85. The maximum Gasteiger partial charge on any atom is 0.414 e. The highest BCUT2D eigenvalue weighted by Gasteiger charge is 2.32. The lowest BCUT2D eigenvalue weighted by molar-refractivity contribution is -0.119. The number of aromatic nitrogens is 3. The van der Waals surface area contributed by atoms with Crippen molar-refractivity contribution in [1.29, 1.82) is 0 Å². The fourth-order valence-corrected chi connectivity index (χ4v) is 2.51. The minimum Gasteiger partial charge on any atom is -0.463 e. The Kier molecular flexibility index (Phi) is 5.01. The normalized spacial score (nSPS) is 16.2. The molecule has 1 aromatic heterocycles. The van der Waals surface area contributed by atoms with E-state index in [9.17, 15) is 18.8 Å². The van der Waals surface area contributed by atoms with Crippen molar-refractivity contribution < 1.29 is 28.2 Å². The third-order valence-electron chi connectivity index (χ3n) is 3.80. The number of methoxy groups -OCH3 is 1. The van der Waals surface area contributed by atoms with E-state index in [1.807, 2.05) is 0 Å². The van der Waals surface area contributed by atoms with E-state index in [0.717, 1.165) is 10.7 Å². The number of carbonyl (C=O) groups excluding carboxylic acids is 3. The van der Waals surface area contributed by atoms with Crippen LogP contribution < -0.4 is 10.2 Å². The van der Waals surface area contributed by atoms with Crippen LogP contribution in [0.15, 0.2) is 24.5 Å². The lowest BCUT2D eigenvalue weighted by Gasteiger charge is -2.14. The van der Waals surface area contributed by atoms with Crippen molar-refractivity contribution >= 4 is 23.7 Å². The molecule has 0 spiro atoms. The average molecular weight is 377 g/mol. The Morgan fingerprint density at radius 3 is 2.89 bits per heavy atom. The van der Waals surface area contributed by atoms with Gasteiger partial charge in [-0.25, -0.2) is 23.6 Å². The van der Waals surface area contributed by atoms with Gasteiger partial charge in [-0.05, 0) is 18.2 Å². The second kappa shape index (κ2) is 7.40. The van der Waals surface area contributed by atoms with Crippen molar-refractivity contribution in [3.05, 3.63) is 36.2 Å². The van der Waals surface area contributed by atoms with Crippen molar-refractivity contribution in [1.82, 2.24) is 20.1 Å². The molecular formula is C16H16FN5O5.